The molecule has 0 aliphatic carbocycles. The average Bonchev–Trinajstić information content (AvgIpc) is 0.731. The highest BCUT2D eigenvalue weighted by Crippen LogP contribution is 2.48. The van der Waals surface area contributed by atoms with E-state index in [0.717, 1.165) is 140 Å². The summed E-state index contributed by atoms with van der Waals surface area (Å²) in [5.74, 6) is 2.12. The predicted molar refractivity (Wildman–Crippen MR) is 631 cm³/mol. The molecule has 0 bridgehead atoms. The van der Waals surface area contributed by atoms with Crippen molar-refractivity contribution in [3.05, 3.63) is 558 Å². The van der Waals surface area contributed by atoms with Gasteiger partial charge in [-0.15, -0.1) is 0 Å². The zero-order valence-corrected chi connectivity index (χ0v) is 81.8. The van der Waals surface area contributed by atoms with E-state index < -0.39 is 0 Å². The second-order valence-corrected chi connectivity index (χ2v) is 38.5. The minimum atomic E-state index is 0.688. The van der Waals surface area contributed by atoms with E-state index in [9.17, 15) is 0 Å². The number of hydrogen-bond donors (Lipinski definition) is 0. The highest BCUT2D eigenvalue weighted by atomic mass is 14.9. The molecule has 0 aliphatic rings. The summed E-state index contributed by atoms with van der Waals surface area (Å²) in [7, 11) is 0. The SMILES string of the molecule is c1cc(-c2cc(-c3cccc(-c4cccc5ccccc45)c3)nc(-c3ccc4ccc5cccc6ccc3c4c56)n2)cc(-c2cccc3ccccc23)c1.c1ccc(-c2cc(-c3ccccc3-c3ccccc3)nc(-c3cc4c5ccccc5ccc4c4ccccc34)n2)cc1.c1ccc(-c2ccc(-c3cc(-c4ccccc4)nc(-c4cc(-c5ccccc5)cc(-c5cc6c7ccccc7ccc6c6ccccc56)c4)n3)cc2)cc1. The Morgan fingerprint density at radius 1 is 0.0933 bits per heavy atom. The Balaban J connectivity index is 0.000000112. The van der Waals surface area contributed by atoms with Crippen molar-refractivity contribution in [1.29, 1.82) is 0 Å². The van der Waals surface area contributed by atoms with Crippen molar-refractivity contribution in [3.63, 3.8) is 0 Å². The largest absolute Gasteiger partial charge is 0.228 e. The van der Waals surface area contributed by atoms with Crippen molar-refractivity contribution in [3.8, 4) is 168 Å². The van der Waals surface area contributed by atoms with Crippen LogP contribution in [-0.4, -0.2) is 29.9 Å². The lowest BCUT2D eigenvalue weighted by Gasteiger charge is -2.16. The average molecular weight is 1910 g/mol. The molecule has 29 aromatic rings. The molecule has 0 spiro atoms. The van der Waals surface area contributed by atoms with Crippen LogP contribution < -0.4 is 0 Å². The summed E-state index contributed by atoms with van der Waals surface area (Å²) in [6.45, 7) is 0. The lowest BCUT2D eigenvalue weighted by molar-refractivity contribution is 1.18. The summed E-state index contributed by atoms with van der Waals surface area (Å²) < 4.78 is 0. The molecule has 0 aliphatic heterocycles. The molecule has 150 heavy (non-hydrogen) atoms. The summed E-state index contributed by atoms with van der Waals surface area (Å²) >= 11 is 0. The van der Waals surface area contributed by atoms with Crippen molar-refractivity contribution in [1.82, 2.24) is 29.9 Å². The fourth-order valence-corrected chi connectivity index (χ4v) is 22.3. The van der Waals surface area contributed by atoms with Crippen LogP contribution in [0.25, 0.3) is 287 Å². The molecule has 6 nitrogen and oxygen atoms in total. The lowest BCUT2D eigenvalue weighted by Crippen LogP contribution is -1.98. The molecule has 0 saturated heterocycles. The first kappa shape index (κ1) is 89.0. The Labute approximate surface area is 868 Å². The van der Waals surface area contributed by atoms with Gasteiger partial charge in [0.2, 0.25) is 0 Å². The number of rotatable bonds is 15. The first-order valence-electron chi connectivity index (χ1n) is 51.1. The fourth-order valence-electron chi connectivity index (χ4n) is 22.3. The van der Waals surface area contributed by atoms with E-state index in [-0.39, 0.29) is 0 Å². The van der Waals surface area contributed by atoms with Crippen molar-refractivity contribution in [2.75, 3.05) is 0 Å². The molecule has 0 saturated carbocycles. The van der Waals surface area contributed by atoms with Crippen molar-refractivity contribution in [2.24, 2.45) is 0 Å². The van der Waals surface area contributed by atoms with Crippen LogP contribution in [0, 0.1) is 0 Å². The number of hydrogen-bond acceptors (Lipinski definition) is 6. The third-order valence-electron chi connectivity index (χ3n) is 29.6. The topological polar surface area (TPSA) is 77.3 Å². The summed E-state index contributed by atoms with van der Waals surface area (Å²) in [5.41, 5.74) is 28.7. The third kappa shape index (κ3) is 16.9. The van der Waals surface area contributed by atoms with Gasteiger partial charge in [0.15, 0.2) is 17.5 Å². The number of benzene rings is 26. The molecule has 29 rings (SSSR count). The van der Waals surface area contributed by atoms with Gasteiger partial charge in [-0.3, -0.25) is 0 Å². The molecule has 0 N–H and O–H groups in total. The molecule has 0 amide bonds. The highest BCUT2D eigenvalue weighted by molar-refractivity contribution is 6.26. The van der Waals surface area contributed by atoms with Crippen molar-refractivity contribution in [2.45, 2.75) is 0 Å². The maximum atomic E-state index is 5.39. The van der Waals surface area contributed by atoms with Gasteiger partial charge in [-0.05, 0) is 252 Å². The zero-order chi connectivity index (χ0) is 99.3. The van der Waals surface area contributed by atoms with Crippen LogP contribution >= 0.6 is 0 Å². The summed E-state index contributed by atoms with van der Waals surface area (Å²) in [6, 6.07) is 199. The monoisotopic (exact) mass is 1900 g/mol. The molecular formula is C144H92N6. The number of aromatic nitrogens is 6. The van der Waals surface area contributed by atoms with Crippen molar-refractivity contribution < 1.29 is 0 Å². The molecule has 0 fully saturated rings. The zero-order valence-electron chi connectivity index (χ0n) is 81.8. The van der Waals surface area contributed by atoms with Crippen LogP contribution in [0.1, 0.15) is 0 Å². The van der Waals surface area contributed by atoms with E-state index in [1.54, 1.807) is 0 Å². The molecule has 6 heteroatoms. The van der Waals surface area contributed by atoms with Crippen molar-refractivity contribution >= 4 is 118 Å². The van der Waals surface area contributed by atoms with E-state index in [4.69, 9.17) is 29.9 Å². The minimum absolute atomic E-state index is 0.688. The lowest BCUT2D eigenvalue weighted by atomic mass is 9.89. The quantitative estimate of drug-likeness (QED) is 0.0952. The third-order valence-corrected chi connectivity index (χ3v) is 29.6. The molecule has 3 aromatic heterocycles. The minimum Gasteiger partial charge on any atom is -0.228 e. The van der Waals surface area contributed by atoms with Crippen LogP contribution in [0.15, 0.2) is 558 Å². The Kier molecular flexibility index (Phi) is 22.9. The van der Waals surface area contributed by atoms with Gasteiger partial charge in [0.1, 0.15) is 0 Å². The van der Waals surface area contributed by atoms with Gasteiger partial charge in [0.25, 0.3) is 0 Å². The molecular weight excluding hydrogens is 1810 g/mol. The smallest absolute Gasteiger partial charge is 0.161 e. The van der Waals surface area contributed by atoms with Gasteiger partial charge in [-0.1, -0.05) is 491 Å². The van der Waals surface area contributed by atoms with Gasteiger partial charge in [-0.2, -0.15) is 0 Å². The van der Waals surface area contributed by atoms with Crippen LogP contribution in [0.3, 0.4) is 0 Å². The standard InChI is InChI=1S/C52H32N2.C52H34N2.C40H26N2/c1-3-20-42-33(10-1)12-8-22-44(42)38-16-6-18-40(30-38)48-32-49(41-19-7-17-39(31-41)45-23-9-13-34-11-2-4-21-43(34)45)54-52(53-48)47-29-27-37-25-24-35-14-5-15-36-26-28-46(47)51(37)50(35)36;1-4-14-35(15-5-1)37-24-26-40(27-25-37)51-34-50(39-19-8-3-9-20-39)53-52(54-51)43-31-41(36-16-6-2-7-17-36)30-42(32-43)48-33-49-44-21-11-10-18-38(44)28-29-47(49)45-22-12-13-23-46(45)48;1-3-13-27(14-4-1)30-18-9-12-22-35(30)39-26-38(29-16-5-2-6-17-29)41-40(42-39)37-25-36-31-19-8-7-15-28(31)23-24-34(36)32-20-10-11-21-33(32)37/h1-32H;1-34H;1-26H. The second kappa shape index (κ2) is 38.6. The fraction of sp³-hybridized carbons (Fsp3) is 0. The van der Waals surface area contributed by atoms with E-state index in [2.05, 4.69) is 540 Å². The second-order valence-electron chi connectivity index (χ2n) is 38.5. The summed E-state index contributed by atoms with van der Waals surface area (Å²) in [6.07, 6.45) is 0. The maximum Gasteiger partial charge on any atom is 0.161 e. The molecule has 698 valence electrons. The molecule has 3 heterocycles. The Morgan fingerprint density at radius 2 is 0.380 bits per heavy atom. The summed E-state index contributed by atoms with van der Waals surface area (Å²) in [4.78, 5) is 31.9. The normalized spacial score (nSPS) is 11.5. The maximum absolute atomic E-state index is 5.39. The van der Waals surface area contributed by atoms with Crippen LogP contribution in [0.5, 0.6) is 0 Å². The number of nitrogens with zero attached hydrogens (tertiary/aromatic N) is 6. The number of fused-ring (bicyclic) bond motifs is 12. The van der Waals surface area contributed by atoms with E-state index >= 15 is 0 Å². The first-order chi connectivity index (χ1) is 74.3. The van der Waals surface area contributed by atoms with Gasteiger partial charge in [0.05, 0.1) is 34.2 Å². The summed E-state index contributed by atoms with van der Waals surface area (Å²) in [5, 5.41) is 27.1. The molecule has 0 radical (unpaired) electrons. The van der Waals surface area contributed by atoms with Gasteiger partial charge >= 0.3 is 0 Å². The van der Waals surface area contributed by atoms with Gasteiger partial charge in [-0.25, -0.2) is 29.9 Å². The van der Waals surface area contributed by atoms with E-state index in [0.29, 0.717) is 11.6 Å². The first-order valence-corrected chi connectivity index (χ1v) is 51.1. The molecule has 0 unspecified atom stereocenters. The highest BCUT2D eigenvalue weighted by Gasteiger charge is 2.24. The molecule has 0 atom stereocenters. The van der Waals surface area contributed by atoms with E-state index in [1.807, 2.05) is 18.2 Å². The van der Waals surface area contributed by atoms with Gasteiger partial charge < -0.3 is 0 Å². The van der Waals surface area contributed by atoms with Crippen LogP contribution in [-0.2, 0) is 0 Å². The Hall–Kier alpha value is -19.9. The predicted octanol–water partition coefficient (Wildman–Crippen LogP) is 38.6. The van der Waals surface area contributed by atoms with Crippen LogP contribution in [0.4, 0.5) is 0 Å². The Morgan fingerprint density at radius 3 is 0.913 bits per heavy atom. The van der Waals surface area contributed by atoms with Gasteiger partial charge in [0, 0.05) is 50.1 Å². The Bertz CT molecular complexity index is 10100. The molecule has 26 aromatic carbocycles. The van der Waals surface area contributed by atoms with E-state index in [1.165, 1.54) is 136 Å². The van der Waals surface area contributed by atoms with Crippen LogP contribution in [0.2, 0.25) is 0 Å².